The first kappa shape index (κ1) is 47.5. The van der Waals surface area contributed by atoms with Gasteiger partial charge in [0.1, 0.15) is 103 Å². The van der Waals surface area contributed by atoms with Crippen molar-refractivity contribution in [1.29, 1.82) is 0 Å². The van der Waals surface area contributed by atoms with Gasteiger partial charge < -0.3 is 109 Å². The molecule has 3 fully saturated rings. The highest BCUT2D eigenvalue weighted by molar-refractivity contribution is 5.87. The van der Waals surface area contributed by atoms with Crippen LogP contribution in [-0.2, 0) is 33.2 Å². The molecule has 0 spiro atoms. The number of hydrogen-bond acceptors (Lipinski definition) is 23. The molecule has 0 radical (unpaired) electrons. The molecule has 65 heavy (non-hydrogen) atoms. The lowest BCUT2D eigenvalue weighted by Crippen LogP contribution is -2.61. The van der Waals surface area contributed by atoms with Crippen LogP contribution < -0.4 is 9.47 Å². The summed E-state index contributed by atoms with van der Waals surface area (Å²) in [4.78, 5) is 12.5. The zero-order valence-electron chi connectivity index (χ0n) is 33.9. The van der Waals surface area contributed by atoms with Gasteiger partial charge in [-0.1, -0.05) is 12.1 Å². The predicted molar refractivity (Wildman–Crippen MR) is 212 cm³/mol. The van der Waals surface area contributed by atoms with Crippen molar-refractivity contribution < 1.29 is 114 Å². The Morgan fingerprint density at radius 1 is 0.631 bits per heavy atom. The smallest absolute Gasteiger partial charge is 0.330 e. The summed E-state index contributed by atoms with van der Waals surface area (Å²) in [6, 6.07) is 9.96. The molecule has 0 saturated carbocycles. The third-order valence-corrected chi connectivity index (χ3v) is 11.0. The lowest BCUT2D eigenvalue weighted by Gasteiger charge is -2.43. The normalized spacial score (nSPS) is 34.8. The number of phenolic OH excluding ortho intramolecular Hbond substituents is 5. The van der Waals surface area contributed by atoms with Gasteiger partial charge in [-0.15, -0.1) is 0 Å². The number of aliphatic hydroxyl groups excluding tert-OH is 9. The number of ether oxygens (including phenoxy) is 8. The fourth-order valence-electron chi connectivity index (χ4n) is 7.30. The number of fused-ring (bicyclic) bond motifs is 1. The Labute approximate surface area is 367 Å². The van der Waals surface area contributed by atoms with Crippen LogP contribution in [0.5, 0.6) is 40.2 Å². The van der Waals surface area contributed by atoms with Gasteiger partial charge in [-0.25, -0.2) is 4.79 Å². The molecule has 14 N–H and O–H groups in total. The standard InChI is InChI=1S/C42H48O23/c1-15-29(48)33(52)36(55)40(60-15)59-14-27-32(51)35(54)38(57)42(65-27)63-25-12-20-23(61-39(25)17-8-21(45)30(49)22(46)9-17)10-19(44)11-24(20)62-41-37(56)34(53)31(50)26(64-41)13-58-28(47)7-4-16-2-5-18(43)6-3-16/h2-12,15,26-27,29,31-46,48-57H,13-14H2,1H3. The Hall–Kier alpha value is -5.51. The van der Waals surface area contributed by atoms with Crippen molar-refractivity contribution in [2.24, 2.45) is 0 Å². The fraction of sp³-hybridized carbons (Fsp3) is 0.452. The summed E-state index contributed by atoms with van der Waals surface area (Å²) in [7, 11) is 0. The van der Waals surface area contributed by atoms with E-state index >= 15 is 0 Å². The van der Waals surface area contributed by atoms with Gasteiger partial charge in [0.05, 0.1) is 18.3 Å². The fourth-order valence-corrected chi connectivity index (χ4v) is 7.30. The second-order valence-corrected chi connectivity index (χ2v) is 15.6. The number of aliphatic hydroxyl groups is 9. The van der Waals surface area contributed by atoms with Crippen molar-refractivity contribution in [1.82, 2.24) is 0 Å². The Morgan fingerprint density at radius 2 is 1.20 bits per heavy atom. The molecule has 4 heterocycles. The lowest BCUT2D eigenvalue weighted by atomic mass is 9.98. The van der Waals surface area contributed by atoms with Gasteiger partial charge in [0, 0.05) is 23.8 Å². The van der Waals surface area contributed by atoms with E-state index in [0.717, 1.165) is 30.3 Å². The minimum atomic E-state index is -2.01. The van der Waals surface area contributed by atoms with E-state index in [4.69, 9.17) is 37.9 Å². The third-order valence-electron chi connectivity index (χ3n) is 11.0. The van der Waals surface area contributed by atoms with E-state index in [-0.39, 0.29) is 34.1 Å². The number of carbonyl (C=O) groups is 1. The van der Waals surface area contributed by atoms with Crippen LogP contribution in [0.3, 0.4) is 0 Å². The number of phenols is 5. The molecular weight excluding hydrogens is 872 g/mol. The summed E-state index contributed by atoms with van der Waals surface area (Å²) in [6.45, 7) is 0.107. The molecule has 4 aliphatic rings. The van der Waals surface area contributed by atoms with E-state index in [1.165, 1.54) is 43.3 Å². The molecule has 0 aliphatic carbocycles. The highest BCUT2D eigenvalue weighted by Gasteiger charge is 2.49. The SMILES string of the molecule is CC1OC(OCC2OC(OC3=Cc4c(cc(O)cc4OC4OC(COC(=O)C=Cc5ccc(O)cc5)C(O)C(O)C4O)OC3c3cc(O)c(O)c(O)c3)C(O)C(O)C2O)C(O)C(O)C1O. The molecule has 0 aromatic heterocycles. The predicted octanol–water partition coefficient (Wildman–Crippen LogP) is -2.20. The molecule has 3 saturated heterocycles. The molecule has 23 nitrogen and oxygen atoms in total. The summed E-state index contributed by atoms with van der Waals surface area (Å²) in [6.07, 6.45) is -23.6. The van der Waals surface area contributed by atoms with Crippen LogP contribution in [0.4, 0.5) is 0 Å². The van der Waals surface area contributed by atoms with Crippen LogP contribution in [0.1, 0.15) is 29.7 Å². The van der Waals surface area contributed by atoms with Crippen molar-refractivity contribution >= 4 is 18.1 Å². The van der Waals surface area contributed by atoms with E-state index < -0.39 is 140 Å². The monoisotopic (exact) mass is 920 g/mol. The maximum Gasteiger partial charge on any atom is 0.330 e. The first-order valence-electron chi connectivity index (χ1n) is 20.0. The lowest BCUT2D eigenvalue weighted by molar-refractivity contribution is -0.324. The van der Waals surface area contributed by atoms with Crippen molar-refractivity contribution in [3.8, 4) is 40.2 Å². The molecule has 16 unspecified atom stereocenters. The van der Waals surface area contributed by atoms with Crippen LogP contribution >= 0.6 is 0 Å². The number of hydrogen-bond donors (Lipinski definition) is 14. The highest BCUT2D eigenvalue weighted by Crippen LogP contribution is 2.48. The molecule has 4 aliphatic heterocycles. The van der Waals surface area contributed by atoms with Gasteiger partial charge in [0.15, 0.2) is 29.6 Å². The van der Waals surface area contributed by atoms with Crippen LogP contribution in [0, 0.1) is 0 Å². The average molecular weight is 921 g/mol. The zero-order chi connectivity index (χ0) is 47.0. The van der Waals surface area contributed by atoms with E-state index in [2.05, 4.69) is 0 Å². The minimum absolute atomic E-state index is 0.0118. The van der Waals surface area contributed by atoms with Crippen LogP contribution in [0.25, 0.3) is 12.2 Å². The van der Waals surface area contributed by atoms with E-state index in [1.807, 2.05) is 0 Å². The van der Waals surface area contributed by atoms with Gasteiger partial charge >= 0.3 is 5.97 Å². The largest absolute Gasteiger partial charge is 0.508 e. The van der Waals surface area contributed by atoms with Gasteiger partial charge in [-0.3, -0.25) is 0 Å². The van der Waals surface area contributed by atoms with Crippen LogP contribution in [0.2, 0.25) is 0 Å². The number of carbonyl (C=O) groups excluding carboxylic acids is 1. The second-order valence-electron chi connectivity index (χ2n) is 15.6. The summed E-state index contributed by atoms with van der Waals surface area (Å²) in [5, 5.41) is 147. The molecule has 7 rings (SSSR count). The molecule has 3 aromatic carbocycles. The minimum Gasteiger partial charge on any atom is -0.508 e. The average Bonchev–Trinajstić information content (AvgIpc) is 3.27. The van der Waals surface area contributed by atoms with E-state index in [0.29, 0.717) is 5.56 Å². The molecule has 23 heteroatoms. The zero-order valence-corrected chi connectivity index (χ0v) is 33.9. The first-order chi connectivity index (χ1) is 30.8. The second kappa shape index (κ2) is 19.5. The van der Waals surface area contributed by atoms with Crippen molar-refractivity contribution in [3.63, 3.8) is 0 Å². The number of aromatic hydroxyl groups is 5. The topological polar surface area (TPSA) is 374 Å². The Bertz CT molecular complexity index is 2190. The summed E-state index contributed by atoms with van der Waals surface area (Å²) in [5.74, 6) is -4.77. The molecule has 0 amide bonds. The van der Waals surface area contributed by atoms with Crippen molar-refractivity contribution in [2.75, 3.05) is 13.2 Å². The maximum absolute atomic E-state index is 12.5. The van der Waals surface area contributed by atoms with Gasteiger partial charge in [0.25, 0.3) is 0 Å². The maximum atomic E-state index is 12.5. The summed E-state index contributed by atoms with van der Waals surface area (Å²) >= 11 is 0. The van der Waals surface area contributed by atoms with Crippen LogP contribution in [0.15, 0.2) is 60.4 Å². The van der Waals surface area contributed by atoms with Crippen molar-refractivity contribution in [2.45, 2.75) is 105 Å². The summed E-state index contributed by atoms with van der Waals surface area (Å²) < 4.78 is 45.8. The Balaban J connectivity index is 1.14. The molecule has 16 atom stereocenters. The Kier molecular flexibility index (Phi) is 14.3. The van der Waals surface area contributed by atoms with Crippen molar-refractivity contribution in [3.05, 3.63) is 77.1 Å². The number of rotatable bonds is 12. The molecule has 354 valence electrons. The van der Waals surface area contributed by atoms with Gasteiger partial charge in [-0.2, -0.15) is 0 Å². The summed E-state index contributed by atoms with van der Waals surface area (Å²) in [5.41, 5.74) is 0.346. The number of benzene rings is 3. The van der Waals surface area contributed by atoms with E-state index in [9.17, 15) is 76.3 Å². The van der Waals surface area contributed by atoms with Gasteiger partial charge in [-0.05, 0) is 48.9 Å². The third kappa shape index (κ3) is 10.2. The van der Waals surface area contributed by atoms with E-state index in [1.54, 1.807) is 0 Å². The highest BCUT2D eigenvalue weighted by atomic mass is 16.7. The quantitative estimate of drug-likeness (QED) is 0.0521. The van der Waals surface area contributed by atoms with Crippen LogP contribution in [-0.4, -0.2) is 183 Å². The molecule has 0 bridgehead atoms. The Morgan fingerprint density at radius 3 is 1.83 bits per heavy atom. The van der Waals surface area contributed by atoms with Gasteiger partial charge in [0.2, 0.25) is 12.6 Å². The number of esters is 1. The molecule has 3 aromatic rings. The molecular formula is C42H48O23. The first-order valence-corrected chi connectivity index (χ1v) is 20.0.